The molecule has 0 N–H and O–H groups in total. The highest BCUT2D eigenvalue weighted by molar-refractivity contribution is 6.30. The number of methoxy groups -OCH3 is 1. The first kappa shape index (κ1) is 11.2. The minimum absolute atomic E-state index is 0.0270. The van der Waals surface area contributed by atoms with Crippen molar-refractivity contribution in [3.8, 4) is 0 Å². The zero-order valence-corrected chi connectivity index (χ0v) is 9.04. The predicted octanol–water partition coefficient (Wildman–Crippen LogP) is 2.82. The van der Waals surface area contributed by atoms with Crippen LogP contribution >= 0.6 is 11.6 Å². The van der Waals surface area contributed by atoms with Crippen molar-refractivity contribution in [2.24, 2.45) is 0 Å². The average molecular weight is 213 g/mol. The smallest absolute Gasteiger partial charge is 0.177 e. The lowest BCUT2D eigenvalue weighted by molar-refractivity contribution is 0.102. The van der Waals surface area contributed by atoms with E-state index in [1.54, 1.807) is 19.2 Å². The highest BCUT2D eigenvalue weighted by Gasteiger charge is 2.06. The maximum atomic E-state index is 11.2. The first-order valence-corrected chi connectivity index (χ1v) is 4.94. The van der Waals surface area contributed by atoms with Gasteiger partial charge in [0.15, 0.2) is 5.78 Å². The molecule has 0 saturated heterocycles. The van der Waals surface area contributed by atoms with Crippen LogP contribution in [0.1, 0.15) is 28.9 Å². The second-order valence-electron chi connectivity index (χ2n) is 3.06. The summed E-state index contributed by atoms with van der Waals surface area (Å²) in [5, 5.41) is 0. The second-order valence-corrected chi connectivity index (χ2v) is 3.32. The van der Waals surface area contributed by atoms with Crippen LogP contribution in [0.15, 0.2) is 24.3 Å². The molecule has 0 saturated carbocycles. The van der Waals surface area contributed by atoms with Crippen molar-refractivity contribution in [1.82, 2.24) is 0 Å². The van der Waals surface area contributed by atoms with E-state index in [-0.39, 0.29) is 17.8 Å². The van der Waals surface area contributed by atoms with E-state index in [2.05, 4.69) is 0 Å². The number of Topliss-reactive ketones (excluding diaryl/α,β-unsaturated/α-hetero) is 1. The fourth-order valence-electron chi connectivity index (χ4n) is 1.15. The summed E-state index contributed by atoms with van der Waals surface area (Å²) in [5.74, 6) is -0.0256. The molecule has 0 heterocycles. The number of alkyl halides is 1. The Labute approximate surface area is 88.8 Å². The number of halogens is 1. The highest BCUT2D eigenvalue weighted by Crippen LogP contribution is 2.16. The van der Waals surface area contributed by atoms with Gasteiger partial charge in [-0.3, -0.25) is 4.79 Å². The third-order valence-electron chi connectivity index (χ3n) is 2.18. The van der Waals surface area contributed by atoms with Gasteiger partial charge in [0.1, 0.15) is 0 Å². The Morgan fingerprint density at radius 3 is 2.43 bits per heavy atom. The quantitative estimate of drug-likeness (QED) is 0.567. The summed E-state index contributed by atoms with van der Waals surface area (Å²) in [6, 6.07) is 7.31. The normalized spacial score (nSPS) is 12.5. The zero-order valence-electron chi connectivity index (χ0n) is 8.29. The average Bonchev–Trinajstić information content (AvgIpc) is 2.27. The molecule has 1 atom stereocenters. The summed E-state index contributed by atoms with van der Waals surface area (Å²) in [6.45, 7) is 1.96. The predicted molar refractivity (Wildman–Crippen MR) is 56.9 cm³/mol. The molecule has 76 valence electrons. The fourth-order valence-corrected chi connectivity index (χ4v) is 1.31. The van der Waals surface area contributed by atoms with Crippen molar-refractivity contribution in [2.75, 3.05) is 13.0 Å². The van der Waals surface area contributed by atoms with E-state index in [4.69, 9.17) is 16.3 Å². The molecule has 0 aliphatic carbocycles. The molecule has 0 aliphatic heterocycles. The fraction of sp³-hybridized carbons (Fsp3) is 0.364. The molecule has 14 heavy (non-hydrogen) atoms. The van der Waals surface area contributed by atoms with Crippen LogP contribution in [0.3, 0.4) is 0 Å². The van der Waals surface area contributed by atoms with Crippen molar-refractivity contribution in [3.63, 3.8) is 0 Å². The van der Waals surface area contributed by atoms with Crippen LogP contribution < -0.4 is 0 Å². The Morgan fingerprint density at radius 2 is 2.00 bits per heavy atom. The summed E-state index contributed by atoms with van der Waals surface area (Å²) in [6.07, 6.45) is 0.0511. The maximum absolute atomic E-state index is 11.2. The molecular weight excluding hydrogens is 200 g/mol. The van der Waals surface area contributed by atoms with E-state index >= 15 is 0 Å². The first-order valence-electron chi connectivity index (χ1n) is 4.41. The molecule has 3 heteroatoms. The van der Waals surface area contributed by atoms with E-state index in [1.165, 1.54) is 0 Å². The van der Waals surface area contributed by atoms with Crippen molar-refractivity contribution in [2.45, 2.75) is 13.0 Å². The van der Waals surface area contributed by atoms with Gasteiger partial charge >= 0.3 is 0 Å². The molecule has 1 aromatic rings. The van der Waals surface area contributed by atoms with E-state index in [9.17, 15) is 4.79 Å². The molecule has 0 aliphatic rings. The Hall–Kier alpha value is -0.860. The molecule has 0 spiro atoms. The number of hydrogen-bond acceptors (Lipinski definition) is 2. The van der Waals surface area contributed by atoms with E-state index in [0.29, 0.717) is 5.56 Å². The third-order valence-corrected chi connectivity index (χ3v) is 2.42. The van der Waals surface area contributed by atoms with E-state index in [0.717, 1.165) is 5.56 Å². The van der Waals surface area contributed by atoms with Crippen molar-refractivity contribution in [3.05, 3.63) is 35.4 Å². The molecule has 1 unspecified atom stereocenters. The lowest BCUT2D eigenvalue weighted by atomic mass is 10.1. The first-order chi connectivity index (χ1) is 6.69. The summed E-state index contributed by atoms with van der Waals surface area (Å²) in [4.78, 5) is 11.2. The molecule has 0 aromatic heterocycles. The lowest BCUT2D eigenvalue weighted by Gasteiger charge is -2.09. The molecule has 2 nitrogen and oxygen atoms in total. The van der Waals surface area contributed by atoms with Crippen molar-refractivity contribution >= 4 is 17.4 Å². The molecule has 0 amide bonds. The summed E-state index contributed by atoms with van der Waals surface area (Å²) < 4.78 is 5.15. The van der Waals surface area contributed by atoms with Crippen LogP contribution in [-0.4, -0.2) is 18.8 Å². The monoisotopic (exact) mass is 212 g/mol. The Bertz CT molecular complexity index is 306. The van der Waals surface area contributed by atoms with Crippen LogP contribution in [0.5, 0.6) is 0 Å². The van der Waals surface area contributed by atoms with Crippen LogP contribution in [0.25, 0.3) is 0 Å². The number of carbonyl (C=O) groups excluding carboxylic acids is 1. The number of rotatable bonds is 4. The van der Waals surface area contributed by atoms with Crippen LogP contribution in [-0.2, 0) is 4.74 Å². The van der Waals surface area contributed by atoms with E-state index < -0.39 is 0 Å². The van der Waals surface area contributed by atoms with Gasteiger partial charge in [0.2, 0.25) is 0 Å². The minimum Gasteiger partial charge on any atom is -0.377 e. The molecule has 0 radical (unpaired) electrons. The Kier molecular flexibility index (Phi) is 4.11. The van der Waals surface area contributed by atoms with Gasteiger partial charge in [0.05, 0.1) is 12.0 Å². The highest BCUT2D eigenvalue weighted by atomic mass is 35.5. The van der Waals surface area contributed by atoms with Gasteiger partial charge in [0, 0.05) is 12.7 Å². The molecule has 0 fully saturated rings. The number of hydrogen-bond donors (Lipinski definition) is 0. The van der Waals surface area contributed by atoms with Crippen molar-refractivity contribution < 1.29 is 9.53 Å². The zero-order chi connectivity index (χ0) is 10.6. The van der Waals surface area contributed by atoms with E-state index in [1.807, 2.05) is 19.1 Å². The summed E-state index contributed by atoms with van der Waals surface area (Å²) in [7, 11) is 1.66. The maximum Gasteiger partial charge on any atom is 0.177 e. The molecule has 1 aromatic carbocycles. The van der Waals surface area contributed by atoms with Crippen LogP contribution in [0.4, 0.5) is 0 Å². The summed E-state index contributed by atoms with van der Waals surface area (Å²) >= 11 is 5.44. The molecule has 0 bridgehead atoms. The Morgan fingerprint density at radius 1 is 1.43 bits per heavy atom. The van der Waals surface area contributed by atoms with Gasteiger partial charge in [-0.25, -0.2) is 0 Å². The van der Waals surface area contributed by atoms with Crippen LogP contribution in [0, 0.1) is 0 Å². The van der Waals surface area contributed by atoms with Gasteiger partial charge in [-0.2, -0.15) is 0 Å². The standard InChI is InChI=1S/C11H13ClO2/c1-8(14-2)9-3-5-10(6-4-9)11(13)7-12/h3-6,8H,7H2,1-2H3. The number of carbonyl (C=O) groups is 1. The third kappa shape index (κ3) is 2.56. The minimum atomic E-state index is -0.0525. The van der Waals surface area contributed by atoms with Gasteiger partial charge in [0.25, 0.3) is 0 Å². The molecular formula is C11H13ClO2. The van der Waals surface area contributed by atoms with Gasteiger partial charge in [-0.05, 0) is 12.5 Å². The second kappa shape index (κ2) is 5.13. The topological polar surface area (TPSA) is 26.3 Å². The number of ketones is 1. The lowest BCUT2D eigenvalue weighted by Crippen LogP contribution is -2.01. The van der Waals surface area contributed by atoms with Gasteiger partial charge in [-0.1, -0.05) is 24.3 Å². The number of benzene rings is 1. The van der Waals surface area contributed by atoms with Gasteiger partial charge < -0.3 is 4.74 Å². The summed E-state index contributed by atoms with van der Waals surface area (Å²) in [5.41, 5.74) is 1.70. The van der Waals surface area contributed by atoms with Gasteiger partial charge in [-0.15, -0.1) is 11.6 Å². The number of ether oxygens (including phenoxy) is 1. The molecule has 1 rings (SSSR count). The van der Waals surface area contributed by atoms with Crippen molar-refractivity contribution in [1.29, 1.82) is 0 Å². The Balaban J connectivity index is 2.83. The van der Waals surface area contributed by atoms with Crippen LogP contribution in [0.2, 0.25) is 0 Å². The largest absolute Gasteiger partial charge is 0.377 e. The SMILES string of the molecule is COC(C)c1ccc(C(=O)CCl)cc1.